The molecule has 0 amide bonds. The summed E-state index contributed by atoms with van der Waals surface area (Å²) in [6.07, 6.45) is 1.89. The Balaban J connectivity index is 1.99. The van der Waals surface area contributed by atoms with Gasteiger partial charge in [-0.25, -0.2) is 0 Å². The Kier molecular flexibility index (Phi) is 4.24. The summed E-state index contributed by atoms with van der Waals surface area (Å²) >= 11 is 1.52. The van der Waals surface area contributed by atoms with Crippen molar-refractivity contribution in [2.24, 2.45) is 0 Å². The van der Waals surface area contributed by atoms with Crippen LogP contribution in [-0.4, -0.2) is 33.5 Å². The fraction of sp³-hybridized carbons (Fsp3) is 0.400. The van der Waals surface area contributed by atoms with Crippen molar-refractivity contribution in [1.29, 1.82) is 0 Å². The van der Waals surface area contributed by atoms with Crippen LogP contribution in [0.3, 0.4) is 0 Å². The van der Waals surface area contributed by atoms with Crippen molar-refractivity contribution in [2.75, 3.05) is 13.7 Å². The largest absolute Gasteiger partial charge is 0.493 e. The van der Waals surface area contributed by atoms with Gasteiger partial charge in [0.25, 0.3) is 0 Å². The predicted molar refractivity (Wildman–Crippen MR) is 85.8 cm³/mol. The smallest absolute Gasteiger partial charge is 0.234 e. The molecule has 0 bridgehead atoms. The van der Waals surface area contributed by atoms with Crippen molar-refractivity contribution in [3.8, 4) is 22.1 Å². The minimum Gasteiger partial charge on any atom is -0.493 e. The predicted octanol–water partition coefficient (Wildman–Crippen LogP) is 3.21. The molecule has 2 heterocycles. The number of benzene rings is 1. The molecule has 22 heavy (non-hydrogen) atoms. The maximum absolute atomic E-state index is 5.54. The first-order valence-electron chi connectivity index (χ1n) is 7.29. The van der Waals surface area contributed by atoms with Crippen LogP contribution >= 0.6 is 11.3 Å². The SMILES string of the molecule is CCCc1nnc2sc(-c3ccc(OCC)c(OC)c3)nn12. The average molecular weight is 318 g/mol. The molecule has 0 aliphatic rings. The highest BCUT2D eigenvalue weighted by Crippen LogP contribution is 2.34. The lowest BCUT2D eigenvalue weighted by molar-refractivity contribution is 0.311. The second-order valence-corrected chi connectivity index (χ2v) is 5.72. The monoisotopic (exact) mass is 318 g/mol. The van der Waals surface area contributed by atoms with Gasteiger partial charge in [0.2, 0.25) is 4.96 Å². The lowest BCUT2D eigenvalue weighted by Crippen LogP contribution is -1.96. The number of aromatic nitrogens is 4. The summed E-state index contributed by atoms with van der Waals surface area (Å²) in [6.45, 7) is 4.67. The van der Waals surface area contributed by atoms with Crippen LogP contribution in [0.25, 0.3) is 15.5 Å². The van der Waals surface area contributed by atoms with Crippen molar-refractivity contribution in [1.82, 2.24) is 19.8 Å². The molecule has 0 fully saturated rings. The number of rotatable bonds is 6. The Morgan fingerprint density at radius 2 is 2.05 bits per heavy atom. The van der Waals surface area contributed by atoms with Gasteiger partial charge >= 0.3 is 0 Å². The van der Waals surface area contributed by atoms with E-state index in [0.717, 1.165) is 39.9 Å². The van der Waals surface area contributed by atoms with Gasteiger partial charge in [0, 0.05) is 12.0 Å². The Morgan fingerprint density at radius 1 is 1.18 bits per heavy atom. The topological polar surface area (TPSA) is 61.5 Å². The number of nitrogens with zero attached hydrogens (tertiary/aromatic N) is 4. The van der Waals surface area contributed by atoms with E-state index in [1.165, 1.54) is 11.3 Å². The van der Waals surface area contributed by atoms with Crippen LogP contribution in [0.2, 0.25) is 0 Å². The Hall–Kier alpha value is -2.15. The summed E-state index contributed by atoms with van der Waals surface area (Å²) < 4.78 is 12.8. The van der Waals surface area contributed by atoms with Gasteiger partial charge in [-0.2, -0.15) is 9.61 Å². The number of hydrogen-bond acceptors (Lipinski definition) is 6. The first-order valence-corrected chi connectivity index (χ1v) is 8.10. The average Bonchev–Trinajstić information content (AvgIpc) is 3.10. The number of fused-ring (bicyclic) bond motifs is 1. The summed E-state index contributed by atoms with van der Waals surface area (Å²) in [5, 5.41) is 13.9. The fourth-order valence-corrected chi connectivity index (χ4v) is 3.08. The van der Waals surface area contributed by atoms with E-state index in [1.54, 1.807) is 7.11 Å². The molecule has 116 valence electrons. The summed E-state index contributed by atoms with van der Waals surface area (Å²) in [5.41, 5.74) is 0.984. The molecular formula is C15H18N4O2S. The van der Waals surface area contributed by atoms with Crippen LogP contribution in [0.1, 0.15) is 26.1 Å². The molecule has 0 N–H and O–H groups in total. The van der Waals surface area contributed by atoms with Crippen molar-refractivity contribution < 1.29 is 9.47 Å². The summed E-state index contributed by atoms with van der Waals surface area (Å²) in [4.78, 5) is 0.811. The van der Waals surface area contributed by atoms with Crippen LogP contribution in [0.5, 0.6) is 11.5 Å². The highest BCUT2D eigenvalue weighted by Gasteiger charge is 2.14. The molecule has 7 heteroatoms. The summed E-state index contributed by atoms with van der Waals surface area (Å²) in [6, 6.07) is 5.84. The zero-order chi connectivity index (χ0) is 15.5. The highest BCUT2D eigenvalue weighted by molar-refractivity contribution is 7.19. The minimum absolute atomic E-state index is 0.604. The molecule has 0 unspecified atom stereocenters. The van der Waals surface area contributed by atoms with Crippen molar-refractivity contribution in [3.63, 3.8) is 0 Å². The van der Waals surface area contributed by atoms with Crippen molar-refractivity contribution in [3.05, 3.63) is 24.0 Å². The van der Waals surface area contributed by atoms with Crippen LogP contribution in [0, 0.1) is 0 Å². The number of hydrogen-bond donors (Lipinski definition) is 0. The van der Waals surface area contributed by atoms with Gasteiger partial charge in [0.05, 0.1) is 13.7 Å². The Morgan fingerprint density at radius 3 is 2.77 bits per heavy atom. The molecule has 0 atom stereocenters. The molecule has 2 aromatic heterocycles. The third kappa shape index (κ3) is 2.64. The second kappa shape index (κ2) is 6.31. The normalized spacial score (nSPS) is 11.0. The number of aryl methyl sites for hydroxylation is 1. The van der Waals surface area contributed by atoms with Crippen LogP contribution in [0.15, 0.2) is 18.2 Å². The van der Waals surface area contributed by atoms with E-state index in [1.807, 2.05) is 29.6 Å². The lowest BCUT2D eigenvalue weighted by atomic mass is 10.2. The van der Waals surface area contributed by atoms with E-state index in [4.69, 9.17) is 9.47 Å². The maximum Gasteiger partial charge on any atom is 0.234 e. The summed E-state index contributed by atoms with van der Waals surface area (Å²) in [7, 11) is 1.64. The van der Waals surface area contributed by atoms with Gasteiger partial charge < -0.3 is 9.47 Å². The van der Waals surface area contributed by atoms with Gasteiger partial charge in [-0.15, -0.1) is 10.2 Å². The number of methoxy groups -OCH3 is 1. The molecule has 0 radical (unpaired) electrons. The van der Waals surface area contributed by atoms with E-state index >= 15 is 0 Å². The first kappa shape index (κ1) is 14.8. The third-order valence-electron chi connectivity index (χ3n) is 3.24. The molecule has 0 saturated carbocycles. The van der Waals surface area contributed by atoms with Gasteiger partial charge in [-0.3, -0.25) is 0 Å². The Labute approximate surface area is 132 Å². The van der Waals surface area contributed by atoms with Gasteiger partial charge in [-0.05, 0) is 31.5 Å². The summed E-state index contributed by atoms with van der Waals surface area (Å²) in [5.74, 6) is 2.35. The molecule has 6 nitrogen and oxygen atoms in total. The van der Waals surface area contributed by atoms with E-state index in [-0.39, 0.29) is 0 Å². The van der Waals surface area contributed by atoms with E-state index < -0.39 is 0 Å². The quantitative estimate of drug-likeness (QED) is 0.698. The zero-order valence-electron chi connectivity index (χ0n) is 12.9. The molecule has 0 saturated heterocycles. The lowest BCUT2D eigenvalue weighted by Gasteiger charge is -2.09. The fourth-order valence-electron chi connectivity index (χ4n) is 2.23. The van der Waals surface area contributed by atoms with E-state index in [9.17, 15) is 0 Å². The zero-order valence-corrected chi connectivity index (χ0v) is 13.7. The first-order chi connectivity index (χ1) is 10.8. The maximum atomic E-state index is 5.54. The van der Waals surface area contributed by atoms with Crippen LogP contribution in [0.4, 0.5) is 0 Å². The van der Waals surface area contributed by atoms with Gasteiger partial charge in [0.15, 0.2) is 17.3 Å². The van der Waals surface area contributed by atoms with Crippen molar-refractivity contribution >= 4 is 16.3 Å². The minimum atomic E-state index is 0.604. The molecule has 0 spiro atoms. The van der Waals surface area contributed by atoms with Gasteiger partial charge in [0.1, 0.15) is 5.01 Å². The van der Waals surface area contributed by atoms with E-state index in [0.29, 0.717) is 12.4 Å². The van der Waals surface area contributed by atoms with Crippen LogP contribution in [-0.2, 0) is 6.42 Å². The molecule has 0 aliphatic heterocycles. The van der Waals surface area contributed by atoms with E-state index in [2.05, 4.69) is 22.2 Å². The molecule has 3 rings (SSSR count). The molecule has 3 aromatic rings. The molecule has 1 aromatic carbocycles. The molecule has 0 aliphatic carbocycles. The number of ether oxygens (including phenoxy) is 2. The third-order valence-corrected chi connectivity index (χ3v) is 4.19. The highest BCUT2D eigenvalue weighted by atomic mass is 32.1. The second-order valence-electron chi connectivity index (χ2n) is 4.77. The van der Waals surface area contributed by atoms with Crippen molar-refractivity contribution in [2.45, 2.75) is 26.7 Å². The Bertz CT molecular complexity index is 781. The van der Waals surface area contributed by atoms with Gasteiger partial charge in [-0.1, -0.05) is 18.3 Å². The van der Waals surface area contributed by atoms with Crippen LogP contribution < -0.4 is 9.47 Å². The molecular weight excluding hydrogens is 300 g/mol. The standard InChI is InChI=1S/C15H18N4O2S/c1-4-6-13-16-17-15-19(13)18-14(22-15)10-7-8-11(21-5-2)12(9-10)20-3/h7-9H,4-6H2,1-3H3.